The molecule has 0 fully saturated rings. The normalized spacial score (nSPS) is 14.5. The van der Waals surface area contributed by atoms with Crippen LogP contribution in [0.1, 0.15) is 19.8 Å². The quantitative estimate of drug-likeness (QED) is 0.704. The first kappa shape index (κ1) is 12.9. The Morgan fingerprint density at radius 3 is 1.46 bits per heavy atom. The van der Waals surface area contributed by atoms with Crippen LogP contribution in [0.25, 0.3) is 0 Å². The molecule has 0 saturated heterocycles. The highest BCUT2D eigenvalue weighted by Crippen LogP contribution is 2.25. The zero-order chi connectivity index (χ0) is 10.9. The van der Waals surface area contributed by atoms with Gasteiger partial charge in [-0.1, -0.05) is 13.3 Å². The van der Waals surface area contributed by atoms with E-state index < -0.39 is 23.9 Å². The highest BCUT2D eigenvalue weighted by molar-refractivity contribution is 8.09. The summed E-state index contributed by atoms with van der Waals surface area (Å²) in [4.78, 5) is 0. The van der Waals surface area contributed by atoms with Gasteiger partial charge in [0, 0.05) is 18.9 Å². The first-order chi connectivity index (χ1) is 5.56. The van der Waals surface area contributed by atoms with Gasteiger partial charge in [-0.25, -0.2) is 16.8 Å². The maximum atomic E-state index is 11.1. The van der Waals surface area contributed by atoms with E-state index in [1.807, 2.05) is 0 Å². The van der Waals surface area contributed by atoms with Crippen LogP contribution in [-0.2, 0) is 19.7 Å². The minimum absolute atomic E-state index is 0.274. The standard InChI is InChI=1S/C6H14O5S2/c1-4-5-6(7,12(2,8)9)13(3,10)11/h7H,4-5H2,1-3H3. The Hall–Kier alpha value is -0.140. The van der Waals surface area contributed by atoms with Crippen LogP contribution >= 0.6 is 0 Å². The van der Waals surface area contributed by atoms with E-state index in [1.165, 1.54) is 0 Å². The summed E-state index contributed by atoms with van der Waals surface area (Å²) in [5.74, 6) is 0. The molecular formula is C6H14O5S2. The maximum absolute atomic E-state index is 11.1. The fraction of sp³-hybridized carbons (Fsp3) is 1.00. The van der Waals surface area contributed by atoms with E-state index in [0.29, 0.717) is 12.5 Å². The van der Waals surface area contributed by atoms with Gasteiger partial charge in [-0.05, 0) is 0 Å². The SMILES string of the molecule is CCCC(O)(S(C)(=O)=O)S(C)(=O)=O. The fourth-order valence-electron chi connectivity index (χ4n) is 0.962. The molecule has 0 aliphatic rings. The molecule has 13 heavy (non-hydrogen) atoms. The molecule has 0 unspecified atom stereocenters. The van der Waals surface area contributed by atoms with Crippen molar-refractivity contribution in [3.63, 3.8) is 0 Å². The Morgan fingerprint density at radius 1 is 1.08 bits per heavy atom. The molecule has 5 nitrogen and oxygen atoms in total. The molecule has 1 N–H and O–H groups in total. The van der Waals surface area contributed by atoms with E-state index in [4.69, 9.17) is 0 Å². The summed E-state index contributed by atoms with van der Waals surface area (Å²) in [6.45, 7) is 1.60. The predicted octanol–water partition coefficient (Wildman–Crippen LogP) is -0.478. The molecule has 0 aromatic carbocycles. The summed E-state index contributed by atoms with van der Waals surface area (Å²) in [5.41, 5.74) is 0. The topological polar surface area (TPSA) is 88.5 Å². The van der Waals surface area contributed by atoms with Gasteiger partial charge in [0.1, 0.15) is 0 Å². The highest BCUT2D eigenvalue weighted by Gasteiger charge is 2.47. The average molecular weight is 230 g/mol. The van der Waals surface area contributed by atoms with Crippen molar-refractivity contribution >= 4 is 19.7 Å². The van der Waals surface area contributed by atoms with Crippen LogP contribution in [0, 0.1) is 0 Å². The second-order valence-electron chi connectivity index (χ2n) is 3.01. The Kier molecular flexibility index (Phi) is 3.51. The van der Waals surface area contributed by atoms with Crippen LogP contribution in [0.15, 0.2) is 0 Å². The molecule has 0 spiro atoms. The minimum Gasteiger partial charge on any atom is -0.363 e. The molecule has 0 aliphatic carbocycles. The van der Waals surface area contributed by atoms with Gasteiger partial charge < -0.3 is 5.11 Å². The summed E-state index contributed by atoms with van der Waals surface area (Å²) in [7, 11) is -8.03. The molecule has 7 heteroatoms. The van der Waals surface area contributed by atoms with E-state index in [1.54, 1.807) is 6.92 Å². The van der Waals surface area contributed by atoms with Gasteiger partial charge in [0.25, 0.3) is 4.27 Å². The lowest BCUT2D eigenvalue weighted by molar-refractivity contribution is 0.192. The van der Waals surface area contributed by atoms with Gasteiger partial charge in [0.15, 0.2) is 19.7 Å². The molecule has 0 saturated carbocycles. The summed E-state index contributed by atoms with van der Waals surface area (Å²) in [6, 6.07) is 0. The van der Waals surface area contributed by atoms with Crippen LogP contribution in [0.5, 0.6) is 0 Å². The second kappa shape index (κ2) is 3.55. The molecule has 80 valence electrons. The van der Waals surface area contributed by atoms with E-state index >= 15 is 0 Å². The lowest BCUT2D eigenvalue weighted by Gasteiger charge is -2.23. The Bertz CT molecular complexity index is 332. The molecule has 0 rings (SSSR count). The van der Waals surface area contributed by atoms with Gasteiger partial charge in [-0.2, -0.15) is 0 Å². The fourth-order valence-corrected chi connectivity index (χ4v) is 4.31. The van der Waals surface area contributed by atoms with Crippen molar-refractivity contribution in [1.82, 2.24) is 0 Å². The zero-order valence-electron chi connectivity index (χ0n) is 7.81. The number of hydrogen-bond donors (Lipinski definition) is 1. The molecule has 0 radical (unpaired) electrons. The van der Waals surface area contributed by atoms with Gasteiger partial charge in [0.05, 0.1) is 0 Å². The zero-order valence-corrected chi connectivity index (χ0v) is 9.44. The molecule has 0 amide bonds. The minimum atomic E-state index is -4.02. The van der Waals surface area contributed by atoms with Crippen molar-refractivity contribution in [3.05, 3.63) is 0 Å². The third-order valence-corrected chi connectivity index (χ3v) is 6.27. The van der Waals surface area contributed by atoms with E-state index in [-0.39, 0.29) is 12.8 Å². The van der Waals surface area contributed by atoms with E-state index in [0.717, 1.165) is 0 Å². The molecule has 0 aromatic rings. The number of rotatable bonds is 4. The first-order valence-electron chi connectivity index (χ1n) is 3.68. The van der Waals surface area contributed by atoms with E-state index in [2.05, 4.69) is 0 Å². The van der Waals surface area contributed by atoms with Gasteiger partial charge in [0.2, 0.25) is 0 Å². The first-order valence-corrected chi connectivity index (χ1v) is 7.46. The largest absolute Gasteiger partial charge is 0.363 e. The predicted molar refractivity (Wildman–Crippen MR) is 49.5 cm³/mol. The number of sulfone groups is 2. The van der Waals surface area contributed by atoms with E-state index in [9.17, 15) is 21.9 Å². The van der Waals surface area contributed by atoms with Gasteiger partial charge >= 0.3 is 0 Å². The molecule has 0 aromatic heterocycles. The van der Waals surface area contributed by atoms with Crippen molar-refractivity contribution in [1.29, 1.82) is 0 Å². The molecule has 0 aliphatic heterocycles. The third kappa shape index (κ3) is 2.41. The van der Waals surface area contributed by atoms with Crippen molar-refractivity contribution < 1.29 is 21.9 Å². The van der Waals surface area contributed by atoms with Crippen LogP contribution < -0.4 is 0 Å². The second-order valence-corrected chi connectivity index (χ2v) is 7.70. The third-order valence-electron chi connectivity index (χ3n) is 1.72. The Morgan fingerprint density at radius 2 is 1.38 bits per heavy atom. The maximum Gasteiger partial charge on any atom is 0.267 e. The summed E-state index contributed by atoms with van der Waals surface area (Å²) < 4.78 is 41.6. The summed E-state index contributed by atoms with van der Waals surface area (Å²) in [6.07, 6.45) is 1.40. The average Bonchev–Trinajstić information content (AvgIpc) is 1.82. The van der Waals surface area contributed by atoms with Gasteiger partial charge in [-0.3, -0.25) is 0 Å². The van der Waals surface area contributed by atoms with Crippen LogP contribution in [0.4, 0.5) is 0 Å². The smallest absolute Gasteiger partial charge is 0.267 e. The van der Waals surface area contributed by atoms with Crippen molar-refractivity contribution in [2.24, 2.45) is 0 Å². The number of hydrogen-bond acceptors (Lipinski definition) is 5. The van der Waals surface area contributed by atoms with Crippen LogP contribution in [-0.4, -0.2) is 38.7 Å². The molecule has 0 bridgehead atoms. The monoisotopic (exact) mass is 230 g/mol. The van der Waals surface area contributed by atoms with Crippen LogP contribution in [0.3, 0.4) is 0 Å². The van der Waals surface area contributed by atoms with Crippen LogP contribution in [0.2, 0.25) is 0 Å². The Balaban J connectivity index is 5.50. The molecule has 0 heterocycles. The van der Waals surface area contributed by atoms with Crippen molar-refractivity contribution in [3.8, 4) is 0 Å². The summed E-state index contributed by atoms with van der Waals surface area (Å²) >= 11 is 0. The Labute approximate surface area is 78.6 Å². The highest BCUT2D eigenvalue weighted by atomic mass is 32.3. The van der Waals surface area contributed by atoms with Crippen molar-refractivity contribution in [2.45, 2.75) is 24.0 Å². The van der Waals surface area contributed by atoms with Gasteiger partial charge in [-0.15, -0.1) is 0 Å². The number of aliphatic hydroxyl groups is 1. The lowest BCUT2D eigenvalue weighted by Crippen LogP contribution is -2.45. The molecular weight excluding hydrogens is 216 g/mol. The summed E-state index contributed by atoms with van der Waals surface area (Å²) in [5, 5.41) is 9.51. The van der Waals surface area contributed by atoms with Crippen molar-refractivity contribution in [2.75, 3.05) is 12.5 Å². The lowest BCUT2D eigenvalue weighted by atomic mass is 10.3. The molecule has 0 atom stereocenters.